The number of alkyl halides is 2. The summed E-state index contributed by atoms with van der Waals surface area (Å²) in [5.74, 6) is -1.39. The molecular formula is C33H40F2N2O2. The Hall–Kier alpha value is -2.47. The lowest BCUT2D eigenvalue weighted by Gasteiger charge is -2.48. The highest BCUT2D eigenvalue weighted by Gasteiger charge is 2.53. The fourth-order valence-electron chi connectivity index (χ4n) is 8.86. The molecule has 208 valence electrons. The zero-order chi connectivity index (χ0) is 26.6. The Morgan fingerprint density at radius 1 is 1.03 bits per heavy atom. The summed E-state index contributed by atoms with van der Waals surface area (Å²) >= 11 is 0. The van der Waals surface area contributed by atoms with Gasteiger partial charge >= 0.3 is 0 Å². The van der Waals surface area contributed by atoms with Crippen LogP contribution in [0.5, 0.6) is 5.75 Å². The van der Waals surface area contributed by atoms with Crippen LogP contribution in [0, 0.1) is 11.8 Å². The number of carbonyl (C=O) groups is 1. The van der Waals surface area contributed by atoms with Gasteiger partial charge in [-0.15, -0.1) is 0 Å². The minimum absolute atomic E-state index is 0.0227. The molecule has 2 saturated heterocycles. The maximum Gasteiger partial charge on any atom is 0.248 e. The molecule has 0 bridgehead atoms. The van der Waals surface area contributed by atoms with Crippen molar-refractivity contribution >= 4 is 5.91 Å². The first-order valence-corrected chi connectivity index (χ1v) is 15.2. The summed E-state index contributed by atoms with van der Waals surface area (Å²) in [4.78, 5) is 16.7. The van der Waals surface area contributed by atoms with E-state index in [-0.39, 0.29) is 42.0 Å². The summed E-state index contributed by atoms with van der Waals surface area (Å²) in [6, 6.07) is 14.8. The van der Waals surface area contributed by atoms with Crippen LogP contribution in [-0.2, 0) is 23.1 Å². The van der Waals surface area contributed by atoms with Gasteiger partial charge in [0.15, 0.2) is 0 Å². The third-order valence-corrected chi connectivity index (χ3v) is 10.7. The summed E-state index contributed by atoms with van der Waals surface area (Å²) in [6.07, 6.45) is 6.87. The third kappa shape index (κ3) is 4.38. The fraction of sp³-hybridized carbons (Fsp3) is 0.606. The number of likely N-dealkylation sites (tertiary alicyclic amines) is 1. The van der Waals surface area contributed by atoms with Crippen LogP contribution in [0.2, 0.25) is 0 Å². The second-order valence-electron chi connectivity index (χ2n) is 12.8. The van der Waals surface area contributed by atoms with Gasteiger partial charge in [-0.3, -0.25) is 4.79 Å². The van der Waals surface area contributed by atoms with Gasteiger partial charge < -0.3 is 15.0 Å². The van der Waals surface area contributed by atoms with Crippen molar-refractivity contribution in [3.63, 3.8) is 0 Å². The predicted octanol–water partition coefficient (Wildman–Crippen LogP) is 6.02. The van der Waals surface area contributed by atoms with Gasteiger partial charge in [0.1, 0.15) is 5.75 Å². The first kappa shape index (κ1) is 25.5. The summed E-state index contributed by atoms with van der Waals surface area (Å²) < 4.78 is 35.5. The summed E-state index contributed by atoms with van der Waals surface area (Å²) in [5.41, 5.74) is 4.91. The highest BCUT2D eigenvalue weighted by molar-refractivity contribution is 5.82. The van der Waals surface area contributed by atoms with Crippen LogP contribution in [0.15, 0.2) is 42.5 Å². The predicted molar refractivity (Wildman–Crippen MR) is 147 cm³/mol. The van der Waals surface area contributed by atoms with Crippen LogP contribution in [0.25, 0.3) is 0 Å². The minimum Gasteiger partial charge on any atom is -0.493 e. The Morgan fingerprint density at radius 2 is 1.90 bits per heavy atom. The molecule has 7 rings (SSSR count). The molecule has 3 heterocycles. The van der Waals surface area contributed by atoms with Gasteiger partial charge in [-0.25, -0.2) is 8.78 Å². The average molecular weight is 535 g/mol. The number of amides is 1. The molecular weight excluding hydrogens is 494 g/mol. The van der Waals surface area contributed by atoms with Gasteiger partial charge in [0.2, 0.25) is 11.8 Å². The number of hydrogen-bond acceptors (Lipinski definition) is 3. The van der Waals surface area contributed by atoms with E-state index in [1.165, 1.54) is 22.3 Å². The molecule has 1 spiro atoms. The Kier molecular flexibility index (Phi) is 6.45. The normalized spacial score (nSPS) is 33.4. The number of hydrogen-bond donors (Lipinski definition) is 1. The van der Waals surface area contributed by atoms with Gasteiger partial charge in [-0.2, -0.15) is 0 Å². The maximum atomic E-state index is 14.7. The van der Waals surface area contributed by atoms with Crippen molar-refractivity contribution in [1.29, 1.82) is 0 Å². The fourth-order valence-corrected chi connectivity index (χ4v) is 8.86. The number of piperidine rings is 1. The van der Waals surface area contributed by atoms with Crippen molar-refractivity contribution in [3.8, 4) is 5.75 Å². The van der Waals surface area contributed by atoms with Gasteiger partial charge in [0, 0.05) is 50.4 Å². The Labute approximate surface area is 230 Å². The van der Waals surface area contributed by atoms with Crippen LogP contribution in [0.4, 0.5) is 8.78 Å². The van der Waals surface area contributed by atoms with Crippen LogP contribution < -0.4 is 10.1 Å². The second-order valence-corrected chi connectivity index (χ2v) is 12.8. The Balaban J connectivity index is 1.21. The van der Waals surface area contributed by atoms with Crippen molar-refractivity contribution in [2.24, 2.45) is 11.8 Å². The highest BCUT2D eigenvalue weighted by Crippen LogP contribution is 2.51. The van der Waals surface area contributed by atoms with E-state index in [4.69, 9.17) is 4.74 Å². The lowest BCUT2D eigenvalue weighted by atomic mass is 9.63. The average Bonchev–Trinajstić information content (AvgIpc) is 3.60. The van der Waals surface area contributed by atoms with Gasteiger partial charge in [-0.05, 0) is 79.0 Å². The molecule has 5 aliphatic rings. The van der Waals surface area contributed by atoms with Crippen molar-refractivity contribution in [3.05, 3.63) is 64.7 Å². The largest absolute Gasteiger partial charge is 0.493 e. The van der Waals surface area contributed by atoms with E-state index >= 15 is 0 Å². The Morgan fingerprint density at radius 3 is 2.74 bits per heavy atom. The van der Waals surface area contributed by atoms with Gasteiger partial charge in [-0.1, -0.05) is 42.5 Å². The van der Waals surface area contributed by atoms with E-state index in [1.54, 1.807) is 0 Å². The van der Waals surface area contributed by atoms with Crippen molar-refractivity contribution in [2.75, 3.05) is 26.2 Å². The number of nitrogens with one attached hydrogen (secondary N) is 1. The number of rotatable bonds is 3. The standard InChI is InChI=1S/C33H40F2N2O2/c34-33(35)15-4-8-25(19-33)29-18-24(22-6-2-1-3-7-22)12-16-37(29)31(38)28-20-36-21-32(28)14-5-9-26-27(32)11-10-23-13-17-39-30(23)26/h1-3,6-7,10-11,24-25,28-29,36H,4-5,8-9,12-21H2/t24-,25?,28+,29+,32+/m1/s1. The quantitative estimate of drug-likeness (QED) is 0.524. The van der Waals surface area contributed by atoms with E-state index < -0.39 is 5.92 Å². The van der Waals surface area contributed by atoms with Crippen molar-refractivity contribution < 1.29 is 18.3 Å². The number of ether oxygens (including phenoxy) is 1. The van der Waals surface area contributed by atoms with Crippen LogP contribution >= 0.6 is 0 Å². The molecule has 6 heteroatoms. The molecule has 39 heavy (non-hydrogen) atoms. The van der Waals surface area contributed by atoms with E-state index in [9.17, 15) is 13.6 Å². The van der Waals surface area contributed by atoms with Crippen molar-refractivity contribution in [2.45, 2.75) is 87.5 Å². The smallest absolute Gasteiger partial charge is 0.248 e. The van der Waals surface area contributed by atoms with Crippen molar-refractivity contribution in [1.82, 2.24) is 10.2 Å². The molecule has 0 radical (unpaired) electrons. The molecule has 1 N–H and O–H groups in total. The summed E-state index contributed by atoms with van der Waals surface area (Å²) in [5, 5.41) is 3.60. The van der Waals surface area contributed by atoms with E-state index in [2.05, 4.69) is 46.6 Å². The van der Waals surface area contributed by atoms with E-state index in [0.717, 1.165) is 63.8 Å². The third-order valence-electron chi connectivity index (χ3n) is 10.7. The van der Waals surface area contributed by atoms with Crippen LogP contribution in [0.3, 0.4) is 0 Å². The van der Waals surface area contributed by atoms with Gasteiger partial charge in [0.05, 0.1) is 12.5 Å². The second kappa shape index (κ2) is 9.87. The molecule has 0 aromatic heterocycles. The molecule has 2 aromatic rings. The number of fused-ring (bicyclic) bond motifs is 4. The zero-order valence-electron chi connectivity index (χ0n) is 22.8. The van der Waals surface area contributed by atoms with E-state index in [1.807, 2.05) is 6.07 Å². The Bertz CT molecular complexity index is 1230. The lowest BCUT2D eigenvalue weighted by molar-refractivity contribution is -0.145. The van der Waals surface area contributed by atoms with E-state index in [0.29, 0.717) is 25.4 Å². The molecule has 1 unspecified atom stereocenters. The molecule has 4 nitrogen and oxygen atoms in total. The van der Waals surface area contributed by atoms with Gasteiger partial charge in [0.25, 0.3) is 0 Å². The van der Waals surface area contributed by atoms with Crippen LogP contribution in [0.1, 0.15) is 79.5 Å². The molecule has 3 aliphatic heterocycles. The topological polar surface area (TPSA) is 41.6 Å². The molecule has 5 atom stereocenters. The number of nitrogens with zero attached hydrogens (tertiary/aromatic N) is 1. The summed E-state index contributed by atoms with van der Waals surface area (Å²) in [6.45, 7) is 2.84. The number of halogens is 2. The molecule has 3 fully saturated rings. The molecule has 2 aliphatic carbocycles. The van der Waals surface area contributed by atoms with Crippen LogP contribution in [-0.4, -0.2) is 49.0 Å². The number of carbonyl (C=O) groups excluding carboxylic acids is 1. The molecule has 1 saturated carbocycles. The summed E-state index contributed by atoms with van der Waals surface area (Å²) in [7, 11) is 0. The zero-order valence-corrected chi connectivity index (χ0v) is 22.8. The monoisotopic (exact) mass is 534 g/mol. The first-order chi connectivity index (χ1) is 19.0. The molecule has 1 amide bonds. The SMILES string of the molecule is O=C([C@@H]1CNC[C@]12CCCc1c2ccc2c1OCC2)N1CC[C@@H](c2ccccc2)C[C@H]1C1CCCC(F)(F)C1. The maximum absolute atomic E-state index is 14.7. The highest BCUT2D eigenvalue weighted by atomic mass is 19.3. The molecule has 2 aromatic carbocycles. The number of benzene rings is 2. The minimum atomic E-state index is -2.63. The first-order valence-electron chi connectivity index (χ1n) is 15.2. The lowest BCUT2D eigenvalue weighted by Crippen LogP contribution is -2.55.